The Bertz CT molecular complexity index is 558. The molecular weight excluding hydrogens is 312 g/mol. The van der Waals surface area contributed by atoms with E-state index in [2.05, 4.69) is 18.4 Å². The van der Waals surface area contributed by atoms with Gasteiger partial charge in [0.15, 0.2) is 17.9 Å². The zero-order chi connectivity index (χ0) is 17.5. The van der Waals surface area contributed by atoms with Crippen LogP contribution in [0.25, 0.3) is 0 Å². The first-order valence-corrected chi connectivity index (χ1v) is 8.26. The Hall–Kier alpha value is -0.940. The van der Waals surface area contributed by atoms with E-state index in [9.17, 15) is 0 Å². The van der Waals surface area contributed by atoms with Crippen LogP contribution in [0.5, 0.6) is 0 Å². The number of rotatable bonds is 3. The SMILES string of the molecule is C=C(C)C#CCO[C@@H]1[C@H]2OC(C)(C)O[C@H]2O[C@@H]1[C@H]1COC(C)(C)O1. The predicted molar refractivity (Wildman–Crippen MR) is 85.9 cm³/mol. The molecule has 6 heteroatoms. The highest BCUT2D eigenvalue weighted by Gasteiger charge is 2.58. The summed E-state index contributed by atoms with van der Waals surface area (Å²) in [6, 6.07) is 0. The van der Waals surface area contributed by atoms with Crippen molar-refractivity contribution in [2.24, 2.45) is 0 Å². The van der Waals surface area contributed by atoms with Crippen molar-refractivity contribution in [3.05, 3.63) is 12.2 Å². The van der Waals surface area contributed by atoms with Gasteiger partial charge in [0.2, 0.25) is 0 Å². The second-order valence-electron chi connectivity index (χ2n) is 7.29. The van der Waals surface area contributed by atoms with Gasteiger partial charge in [-0.2, -0.15) is 0 Å². The minimum atomic E-state index is -0.697. The normalized spacial score (nSPS) is 39.3. The minimum Gasteiger partial charge on any atom is -0.360 e. The molecule has 0 spiro atoms. The second-order valence-corrected chi connectivity index (χ2v) is 7.29. The third-order valence-corrected chi connectivity index (χ3v) is 4.07. The molecule has 0 aromatic rings. The van der Waals surface area contributed by atoms with E-state index in [0.717, 1.165) is 5.57 Å². The van der Waals surface area contributed by atoms with Crippen molar-refractivity contribution in [1.82, 2.24) is 0 Å². The number of hydrogen-bond acceptors (Lipinski definition) is 6. The molecular formula is C18H26O6. The summed E-state index contributed by atoms with van der Waals surface area (Å²) in [5.41, 5.74) is 0.798. The van der Waals surface area contributed by atoms with Crippen LogP contribution in [0, 0.1) is 11.8 Å². The first-order chi connectivity index (χ1) is 11.2. The van der Waals surface area contributed by atoms with Crippen molar-refractivity contribution in [2.75, 3.05) is 13.2 Å². The number of hydrogen-bond donors (Lipinski definition) is 0. The molecule has 5 atom stereocenters. The van der Waals surface area contributed by atoms with Gasteiger partial charge in [-0.25, -0.2) is 0 Å². The molecule has 3 aliphatic heterocycles. The van der Waals surface area contributed by atoms with E-state index in [1.54, 1.807) is 0 Å². The second kappa shape index (κ2) is 6.41. The quantitative estimate of drug-likeness (QED) is 0.734. The molecule has 3 fully saturated rings. The maximum atomic E-state index is 6.05. The molecule has 24 heavy (non-hydrogen) atoms. The van der Waals surface area contributed by atoms with E-state index in [0.29, 0.717) is 6.61 Å². The number of ether oxygens (including phenoxy) is 6. The van der Waals surface area contributed by atoms with Crippen LogP contribution in [0.4, 0.5) is 0 Å². The summed E-state index contributed by atoms with van der Waals surface area (Å²) >= 11 is 0. The molecule has 0 amide bonds. The van der Waals surface area contributed by atoms with Gasteiger partial charge in [0, 0.05) is 0 Å². The van der Waals surface area contributed by atoms with Gasteiger partial charge in [0.05, 0.1) is 6.61 Å². The van der Waals surface area contributed by atoms with Gasteiger partial charge in [0.1, 0.15) is 31.0 Å². The maximum absolute atomic E-state index is 6.05. The van der Waals surface area contributed by atoms with Crippen molar-refractivity contribution in [2.45, 2.75) is 76.9 Å². The van der Waals surface area contributed by atoms with Crippen molar-refractivity contribution >= 4 is 0 Å². The molecule has 3 saturated heterocycles. The molecule has 0 radical (unpaired) electrons. The molecule has 0 aromatic carbocycles. The van der Waals surface area contributed by atoms with Crippen molar-refractivity contribution in [1.29, 1.82) is 0 Å². The Labute approximate surface area is 143 Å². The van der Waals surface area contributed by atoms with E-state index >= 15 is 0 Å². The molecule has 0 unspecified atom stereocenters. The fourth-order valence-corrected chi connectivity index (χ4v) is 3.20. The Morgan fingerprint density at radius 3 is 2.50 bits per heavy atom. The maximum Gasteiger partial charge on any atom is 0.190 e. The summed E-state index contributed by atoms with van der Waals surface area (Å²) in [5.74, 6) is 4.52. The van der Waals surface area contributed by atoms with Crippen LogP contribution in [0.15, 0.2) is 12.2 Å². The molecule has 0 aromatic heterocycles. The average molecular weight is 338 g/mol. The average Bonchev–Trinajstić information content (AvgIpc) is 3.04. The van der Waals surface area contributed by atoms with E-state index in [4.69, 9.17) is 28.4 Å². The van der Waals surface area contributed by atoms with Gasteiger partial charge >= 0.3 is 0 Å². The molecule has 3 rings (SSSR count). The Kier molecular flexibility index (Phi) is 4.77. The summed E-state index contributed by atoms with van der Waals surface area (Å²) in [5, 5.41) is 0. The Balaban J connectivity index is 1.71. The molecule has 6 nitrogen and oxygen atoms in total. The highest BCUT2D eigenvalue weighted by atomic mass is 16.8. The van der Waals surface area contributed by atoms with Crippen LogP contribution >= 0.6 is 0 Å². The largest absolute Gasteiger partial charge is 0.360 e. The Morgan fingerprint density at radius 2 is 1.88 bits per heavy atom. The lowest BCUT2D eigenvalue weighted by Crippen LogP contribution is -2.44. The Morgan fingerprint density at radius 1 is 1.12 bits per heavy atom. The third kappa shape index (κ3) is 3.83. The first kappa shape index (κ1) is 17.9. The molecule has 0 N–H and O–H groups in total. The molecule has 0 bridgehead atoms. The monoisotopic (exact) mass is 338 g/mol. The smallest absolute Gasteiger partial charge is 0.190 e. The van der Waals surface area contributed by atoms with Crippen molar-refractivity contribution in [3.8, 4) is 11.8 Å². The topological polar surface area (TPSA) is 55.4 Å². The van der Waals surface area contributed by atoms with Gasteiger partial charge in [0.25, 0.3) is 0 Å². The van der Waals surface area contributed by atoms with Gasteiger partial charge in [-0.1, -0.05) is 18.4 Å². The van der Waals surface area contributed by atoms with Crippen molar-refractivity contribution < 1.29 is 28.4 Å². The van der Waals surface area contributed by atoms with Crippen LogP contribution in [-0.4, -0.2) is 55.5 Å². The van der Waals surface area contributed by atoms with E-state index in [-0.39, 0.29) is 31.0 Å². The lowest BCUT2D eigenvalue weighted by atomic mass is 10.1. The zero-order valence-electron chi connectivity index (χ0n) is 15.0. The predicted octanol–water partition coefficient (Wildman–Crippen LogP) is 1.98. The van der Waals surface area contributed by atoms with E-state index < -0.39 is 17.9 Å². The van der Waals surface area contributed by atoms with Gasteiger partial charge in [-0.15, -0.1) is 0 Å². The lowest BCUT2D eigenvalue weighted by molar-refractivity contribution is -0.235. The summed E-state index contributed by atoms with van der Waals surface area (Å²) in [6.07, 6.45) is -1.69. The molecule has 134 valence electrons. The van der Waals surface area contributed by atoms with E-state index in [1.807, 2.05) is 34.6 Å². The minimum absolute atomic E-state index is 0.236. The number of fused-ring (bicyclic) bond motifs is 1. The van der Waals surface area contributed by atoms with Gasteiger partial charge in [-0.05, 0) is 40.2 Å². The first-order valence-electron chi connectivity index (χ1n) is 8.26. The van der Waals surface area contributed by atoms with Crippen LogP contribution in [-0.2, 0) is 28.4 Å². The summed E-state index contributed by atoms with van der Waals surface area (Å²) in [6.45, 7) is 13.8. The number of allylic oxidation sites excluding steroid dienone is 1. The summed E-state index contributed by atoms with van der Waals surface area (Å²) < 4.78 is 35.4. The summed E-state index contributed by atoms with van der Waals surface area (Å²) in [4.78, 5) is 0. The standard InChI is InChI=1S/C18H26O6/c1-11(2)8-7-9-19-14-13(12-10-20-17(3,4)22-12)21-16-15(14)23-18(5,6)24-16/h12-16H,1,9-10H2,2-6H3/t12-,13-,14+,15-,16-/m1/s1. The van der Waals surface area contributed by atoms with Crippen LogP contribution < -0.4 is 0 Å². The van der Waals surface area contributed by atoms with Crippen LogP contribution in [0.3, 0.4) is 0 Å². The fourth-order valence-electron chi connectivity index (χ4n) is 3.20. The molecule has 0 aliphatic carbocycles. The van der Waals surface area contributed by atoms with E-state index in [1.165, 1.54) is 0 Å². The highest BCUT2D eigenvalue weighted by molar-refractivity contribution is 5.23. The zero-order valence-corrected chi connectivity index (χ0v) is 15.0. The lowest BCUT2D eigenvalue weighted by Gasteiger charge is -2.28. The van der Waals surface area contributed by atoms with Crippen LogP contribution in [0.1, 0.15) is 34.6 Å². The molecule has 3 aliphatic rings. The fraction of sp³-hybridized carbons (Fsp3) is 0.778. The third-order valence-electron chi connectivity index (χ3n) is 4.07. The molecule has 3 heterocycles. The van der Waals surface area contributed by atoms with Gasteiger partial charge < -0.3 is 28.4 Å². The molecule has 0 saturated carbocycles. The van der Waals surface area contributed by atoms with Crippen LogP contribution in [0.2, 0.25) is 0 Å². The highest BCUT2D eigenvalue weighted by Crippen LogP contribution is 2.41. The van der Waals surface area contributed by atoms with Gasteiger partial charge in [-0.3, -0.25) is 0 Å². The van der Waals surface area contributed by atoms with Crippen molar-refractivity contribution in [3.63, 3.8) is 0 Å². The summed E-state index contributed by atoms with van der Waals surface area (Å²) in [7, 11) is 0.